The Balaban J connectivity index is -0.000000481. The molecule has 3 unspecified atom stereocenters. The zero-order valence-electron chi connectivity index (χ0n) is 23.0. The van der Waals surface area contributed by atoms with Gasteiger partial charge in [-0.1, -0.05) is 58.4 Å². The van der Waals surface area contributed by atoms with E-state index in [0.717, 1.165) is 0 Å². The van der Waals surface area contributed by atoms with E-state index in [2.05, 4.69) is 0 Å². The van der Waals surface area contributed by atoms with Crippen molar-refractivity contribution in [1.29, 1.82) is 0 Å². The number of aliphatic hydroxyl groups is 1. The van der Waals surface area contributed by atoms with Crippen molar-refractivity contribution in [3.05, 3.63) is 0 Å². The number of thioether (sulfide) groups is 1. The van der Waals surface area contributed by atoms with Crippen molar-refractivity contribution in [3.8, 4) is 0 Å². The molecule has 0 saturated heterocycles. The van der Waals surface area contributed by atoms with Gasteiger partial charge in [0, 0.05) is 75.4 Å². The number of nitrogens with two attached hydrogens (primary N) is 2. The van der Waals surface area contributed by atoms with Crippen molar-refractivity contribution in [2.75, 3.05) is 37.9 Å². The summed E-state index contributed by atoms with van der Waals surface area (Å²) in [5.74, 6) is -2.32. The van der Waals surface area contributed by atoms with Crippen LogP contribution in [0.25, 0.3) is 0 Å². The highest BCUT2D eigenvalue weighted by Gasteiger charge is 2.24. The number of Topliss-reactive ketones (excluding diaryl/α,β-unsaturated/α-hetero) is 3. The van der Waals surface area contributed by atoms with Crippen molar-refractivity contribution < 1.29 is 48.1 Å². The predicted molar refractivity (Wildman–Crippen MR) is 185 cm³/mol. The smallest absolute Gasteiger partial charge is 0.305 e. The Morgan fingerprint density at radius 1 is 0.756 bits per heavy atom. The number of rotatable bonds is 25. The molecule has 0 aliphatic heterocycles. The molecule has 13 heteroatoms. The summed E-state index contributed by atoms with van der Waals surface area (Å²) < 4.78 is 15.7. The first-order valence-corrected chi connectivity index (χ1v) is 14.4. The first kappa shape index (κ1) is 58.2. The Hall–Kier alpha value is -2.35. The summed E-state index contributed by atoms with van der Waals surface area (Å²) in [7, 11) is 0. The molecule has 12 nitrogen and oxygen atoms in total. The van der Waals surface area contributed by atoms with Crippen molar-refractivity contribution in [2.45, 2.75) is 128 Å². The molecule has 272 valence electrons. The second kappa shape index (κ2) is 36.1. The third kappa shape index (κ3) is 31.4. The monoisotopic (exact) mass is 672 g/mol. The zero-order valence-corrected chi connectivity index (χ0v) is 23.8. The topological polar surface area (TPSA) is 202 Å². The fourth-order valence-electron chi connectivity index (χ4n) is 3.17. The van der Waals surface area contributed by atoms with Gasteiger partial charge >= 0.3 is 11.9 Å². The minimum Gasteiger partial charge on any atom is -0.466 e. The van der Waals surface area contributed by atoms with Gasteiger partial charge in [0.1, 0.15) is 17.7 Å². The highest BCUT2D eigenvalue weighted by molar-refractivity contribution is 7.99. The number of amides is 1. The largest absolute Gasteiger partial charge is 0.466 e. The third-order valence-electron chi connectivity index (χ3n) is 5.60. The maximum atomic E-state index is 12.5. The second-order valence-corrected chi connectivity index (χ2v) is 10.0. The lowest BCUT2D eigenvalue weighted by atomic mass is 9.93. The summed E-state index contributed by atoms with van der Waals surface area (Å²) in [5, 5.41) is 9.61. The van der Waals surface area contributed by atoms with E-state index in [0.29, 0.717) is 18.6 Å². The number of carbonyl (C=O) groups excluding carboxylic acids is 6. The molecule has 5 N–H and O–H groups in total. The number of hydrogen-bond donors (Lipinski definition) is 3. The highest BCUT2D eigenvalue weighted by atomic mass is 32.2. The summed E-state index contributed by atoms with van der Waals surface area (Å²) in [6.07, 6.45) is 0.787. The third-order valence-corrected chi connectivity index (χ3v) is 6.81. The molecule has 0 aromatic rings. The molecule has 0 heterocycles. The zero-order chi connectivity index (χ0) is 29.6. The van der Waals surface area contributed by atoms with Gasteiger partial charge in [-0.2, -0.15) is 11.8 Å². The lowest BCUT2D eigenvalue weighted by molar-refractivity contribution is -0.150. The minimum absolute atomic E-state index is 0. The van der Waals surface area contributed by atoms with E-state index in [1.165, 1.54) is 11.8 Å². The molecule has 1 amide bonds. The van der Waals surface area contributed by atoms with Crippen molar-refractivity contribution >= 4 is 47.0 Å². The van der Waals surface area contributed by atoms with Gasteiger partial charge in [-0.3, -0.25) is 28.8 Å². The Morgan fingerprint density at radius 2 is 1.36 bits per heavy atom. The number of ether oxygens (including phenoxy) is 3. The normalized spacial score (nSPS) is 11.5. The summed E-state index contributed by atoms with van der Waals surface area (Å²) in [6, 6.07) is -0.868. The Morgan fingerprint density at radius 3 is 1.89 bits per heavy atom. The van der Waals surface area contributed by atoms with Gasteiger partial charge < -0.3 is 30.8 Å². The predicted octanol–water partition coefficient (Wildman–Crippen LogP) is 4.69. The molecular weight excluding hydrogens is 604 g/mol. The highest BCUT2D eigenvalue weighted by Crippen LogP contribution is 2.15. The van der Waals surface area contributed by atoms with Crippen LogP contribution < -0.4 is 11.5 Å². The van der Waals surface area contributed by atoms with Gasteiger partial charge in [-0.25, -0.2) is 0 Å². The molecule has 3 atom stereocenters. The van der Waals surface area contributed by atoms with Crippen LogP contribution in [0, 0.1) is 5.92 Å². The maximum absolute atomic E-state index is 12.5. The second-order valence-electron chi connectivity index (χ2n) is 8.96. The van der Waals surface area contributed by atoms with Crippen LogP contribution in [0.4, 0.5) is 0 Å². The van der Waals surface area contributed by atoms with Crippen LogP contribution in [0.3, 0.4) is 0 Å². The SMILES string of the molecule is C.C.C.C.C.C.CCC(=O)OCCC(CSCC(N)C(=O)CC(CO)C(=O)CCCOCCC(=O)CCC(N)=O)OC(=O)CC. The lowest BCUT2D eigenvalue weighted by Crippen LogP contribution is -2.36. The maximum Gasteiger partial charge on any atom is 0.305 e. The number of esters is 2. The molecule has 0 aromatic carbocycles. The van der Waals surface area contributed by atoms with E-state index >= 15 is 0 Å². The van der Waals surface area contributed by atoms with Gasteiger partial charge in [0.2, 0.25) is 5.91 Å². The van der Waals surface area contributed by atoms with Crippen LogP contribution >= 0.6 is 11.8 Å². The Bertz CT molecular complexity index is 796. The molecule has 0 aliphatic rings. The molecule has 0 rings (SSSR count). The molecular formula is C32H68N2O10S. The van der Waals surface area contributed by atoms with Crippen LogP contribution in [0.5, 0.6) is 0 Å². The molecule has 0 radical (unpaired) electrons. The number of hydrogen-bond acceptors (Lipinski definition) is 12. The quantitative estimate of drug-likeness (QED) is 0.0893. The summed E-state index contributed by atoms with van der Waals surface area (Å²) in [5.41, 5.74) is 11.0. The molecule has 45 heavy (non-hydrogen) atoms. The first-order chi connectivity index (χ1) is 18.5. The van der Waals surface area contributed by atoms with Crippen molar-refractivity contribution in [2.24, 2.45) is 17.4 Å². The van der Waals surface area contributed by atoms with Gasteiger partial charge in [0.25, 0.3) is 0 Å². The van der Waals surface area contributed by atoms with Crippen LogP contribution in [-0.4, -0.2) is 90.4 Å². The Labute approximate surface area is 278 Å². The fourth-order valence-corrected chi connectivity index (χ4v) is 4.25. The van der Waals surface area contributed by atoms with Crippen LogP contribution in [0.1, 0.15) is 116 Å². The molecule has 0 aromatic heterocycles. The van der Waals surface area contributed by atoms with E-state index in [4.69, 9.17) is 25.7 Å². The number of aliphatic hydroxyl groups excluding tert-OH is 1. The average molecular weight is 673 g/mol. The van der Waals surface area contributed by atoms with Crippen LogP contribution in [-0.2, 0) is 43.0 Å². The van der Waals surface area contributed by atoms with E-state index in [1.807, 2.05) is 0 Å². The summed E-state index contributed by atoms with van der Waals surface area (Å²) >= 11 is 1.31. The average Bonchev–Trinajstić information content (AvgIpc) is 2.91. The number of ketones is 3. The summed E-state index contributed by atoms with van der Waals surface area (Å²) in [4.78, 5) is 70.2. The van der Waals surface area contributed by atoms with Crippen molar-refractivity contribution in [3.63, 3.8) is 0 Å². The fraction of sp³-hybridized carbons (Fsp3) is 0.812. The van der Waals surface area contributed by atoms with Gasteiger partial charge in [0.05, 0.1) is 25.9 Å². The van der Waals surface area contributed by atoms with Gasteiger partial charge in [-0.15, -0.1) is 0 Å². The van der Waals surface area contributed by atoms with E-state index in [-0.39, 0.29) is 144 Å². The standard InChI is InChI=1S/C26H44N2O10S.6CH4/c1-3-25(34)37-13-10-20(38-26(35)4-2)16-39-17-21(27)23(32)14-18(15-29)22(31)6-5-11-36-12-9-19(30)7-8-24(28)33;;;;;;/h18,20-21,29H,3-17,27H2,1-2H3,(H2,28,33);6*1H4. The Kier molecular flexibility index (Phi) is 46.7. The molecule has 0 aliphatic carbocycles. The lowest BCUT2D eigenvalue weighted by Gasteiger charge is -2.19. The molecule has 0 fully saturated rings. The van der Waals surface area contributed by atoms with E-state index < -0.39 is 30.6 Å². The number of carbonyl (C=O) groups is 6. The molecule has 0 bridgehead atoms. The molecule has 0 saturated carbocycles. The van der Waals surface area contributed by atoms with Gasteiger partial charge in [-0.05, 0) is 6.42 Å². The van der Waals surface area contributed by atoms with Crippen molar-refractivity contribution in [1.82, 2.24) is 0 Å². The minimum atomic E-state index is -0.868. The molecule has 0 spiro atoms. The van der Waals surface area contributed by atoms with Crippen LogP contribution in [0.15, 0.2) is 0 Å². The van der Waals surface area contributed by atoms with Gasteiger partial charge in [0.15, 0.2) is 5.78 Å². The van der Waals surface area contributed by atoms with E-state index in [1.54, 1.807) is 13.8 Å². The van der Waals surface area contributed by atoms with Crippen LogP contribution in [0.2, 0.25) is 0 Å². The summed E-state index contributed by atoms with van der Waals surface area (Å²) in [6.45, 7) is 3.38. The number of primary amides is 1. The first-order valence-electron chi connectivity index (χ1n) is 13.3. The van der Waals surface area contributed by atoms with E-state index in [9.17, 15) is 33.9 Å².